The highest BCUT2D eigenvalue weighted by atomic mass is 32.1. The molecule has 7 aromatic carbocycles. The number of rotatable bonds is 6. The Balaban J connectivity index is 1.24. The van der Waals surface area contributed by atoms with E-state index in [1.165, 1.54) is 0 Å². The van der Waals surface area contributed by atoms with Crippen LogP contribution in [0.4, 0.5) is 0 Å². The smallest absolute Gasteiger partial charge is 0.165 e. The van der Waals surface area contributed by atoms with Crippen molar-refractivity contribution in [1.29, 1.82) is 0 Å². The van der Waals surface area contributed by atoms with Gasteiger partial charge in [-0.05, 0) is 45.5 Å². The van der Waals surface area contributed by atoms with Crippen LogP contribution in [-0.4, -0.2) is 15.0 Å². The van der Waals surface area contributed by atoms with Gasteiger partial charge in [-0.2, -0.15) is 0 Å². The Kier molecular flexibility index (Phi) is 4.96. The number of aromatic nitrogens is 3. The maximum absolute atomic E-state index is 9.28. The molecule has 2 heterocycles. The molecule has 0 saturated heterocycles. The van der Waals surface area contributed by atoms with Crippen molar-refractivity contribution in [3.8, 4) is 67.5 Å². The molecule has 0 aliphatic rings. The highest BCUT2D eigenvalue weighted by Gasteiger charge is 2.17. The fourth-order valence-corrected chi connectivity index (χ4v) is 6.82. The normalized spacial score (nSPS) is 14.4. The Hall–Kier alpha value is -6.23. The average Bonchev–Trinajstić information content (AvgIpc) is 3.69. The summed E-state index contributed by atoms with van der Waals surface area (Å²) in [5.41, 5.74) is 4.86. The van der Waals surface area contributed by atoms with Gasteiger partial charge in [0.05, 0.1) is 15.1 Å². The van der Waals surface area contributed by atoms with Gasteiger partial charge in [-0.3, -0.25) is 0 Å². The highest BCUT2D eigenvalue weighted by Crippen LogP contribution is 2.41. The Labute approximate surface area is 304 Å². The van der Waals surface area contributed by atoms with Crippen molar-refractivity contribution in [2.24, 2.45) is 0 Å². The van der Waals surface area contributed by atoms with Gasteiger partial charge in [0, 0.05) is 36.9 Å². The molecule has 0 radical (unpaired) electrons. The molecule has 9 rings (SSSR count). The Bertz CT molecular complexity index is 3170. The van der Waals surface area contributed by atoms with E-state index in [4.69, 9.17) is 27.3 Å². The lowest BCUT2D eigenvalue weighted by Crippen LogP contribution is -2.00. The van der Waals surface area contributed by atoms with Crippen LogP contribution >= 0.6 is 11.3 Å². The van der Waals surface area contributed by atoms with Crippen LogP contribution in [0.25, 0.3) is 87.7 Å². The monoisotopic (exact) mass is 654 g/mol. The van der Waals surface area contributed by atoms with Crippen molar-refractivity contribution >= 4 is 31.5 Å². The van der Waals surface area contributed by atoms with E-state index in [1.54, 1.807) is 0 Å². The lowest BCUT2D eigenvalue weighted by molar-refractivity contribution is 1.08. The van der Waals surface area contributed by atoms with E-state index >= 15 is 0 Å². The fraction of sp³-hybridized carbons (Fsp3) is 0. The predicted octanol–water partition coefficient (Wildman–Crippen LogP) is 12.2. The molecule has 4 heteroatoms. The molecule has 0 aliphatic carbocycles. The molecule has 0 saturated carbocycles. The van der Waals surface area contributed by atoms with Gasteiger partial charge in [0.15, 0.2) is 17.5 Å². The molecule has 9 aromatic rings. The van der Waals surface area contributed by atoms with Crippen molar-refractivity contribution in [3.63, 3.8) is 0 Å². The van der Waals surface area contributed by atoms with E-state index in [2.05, 4.69) is 36.4 Å². The third-order valence-corrected chi connectivity index (χ3v) is 9.29. The van der Waals surface area contributed by atoms with E-state index < -0.39 is 54.4 Å². The van der Waals surface area contributed by atoms with Crippen LogP contribution in [0.5, 0.6) is 0 Å². The van der Waals surface area contributed by atoms with Gasteiger partial charge in [-0.1, -0.05) is 164 Å². The van der Waals surface area contributed by atoms with Crippen LogP contribution < -0.4 is 0 Å². The van der Waals surface area contributed by atoms with Gasteiger partial charge >= 0.3 is 0 Å². The van der Waals surface area contributed by atoms with Crippen LogP contribution in [0.2, 0.25) is 0 Å². The summed E-state index contributed by atoms with van der Waals surface area (Å²) in [7, 11) is 0. The van der Waals surface area contributed by atoms with Crippen LogP contribution in [-0.2, 0) is 0 Å². The van der Waals surface area contributed by atoms with Crippen molar-refractivity contribution in [2.75, 3.05) is 0 Å². The first-order valence-electron chi connectivity index (χ1n) is 21.0. The predicted molar refractivity (Wildman–Crippen MR) is 205 cm³/mol. The van der Waals surface area contributed by atoms with Crippen molar-refractivity contribution in [1.82, 2.24) is 15.0 Å². The molecule has 2 aromatic heterocycles. The van der Waals surface area contributed by atoms with E-state index in [0.29, 0.717) is 11.1 Å². The minimum Gasteiger partial charge on any atom is -0.208 e. The molecule has 3 nitrogen and oxygen atoms in total. The second kappa shape index (κ2) is 12.4. The third kappa shape index (κ3) is 5.58. The lowest BCUT2D eigenvalue weighted by atomic mass is 9.99. The van der Waals surface area contributed by atoms with E-state index in [-0.39, 0.29) is 66.4 Å². The Morgan fingerprint density at radius 2 is 0.918 bits per heavy atom. The van der Waals surface area contributed by atoms with E-state index in [1.807, 2.05) is 72.8 Å². The molecular formula is C45H29N3S. The number of fused-ring (bicyclic) bond motifs is 3. The maximum Gasteiger partial charge on any atom is 0.165 e. The van der Waals surface area contributed by atoms with Gasteiger partial charge in [0.1, 0.15) is 0 Å². The van der Waals surface area contributed by atoms with Crippen LogP contribution in [0.15, 0.2) is 176 Å². The number of nitrogens with zero attached hydrogens (tertiary/aromatic N) is 3. The number of benzene rings is 7. The Morgan fingerprint density at radius 1 is 0.388 bits per heavy atom. The lowest BCUT2D eigenvalue weighted by Gasteiger charge is -2.10. The summed E-state index contributed by atoms with van der Waals surface area (Å²) >= 11 is 0.936. The fourth-order valence-electron chi connectivity index (χ4n) is 5.70. The van der Waals surface area contributed by atoms with Gasteiger partial charge in [0.25, 0.3) is 0 Å². The molecule has 0 unspecified atom stereocenters. The minimum absolute atomic E-state index is 0.00539. The van der Waals surface area contributed by atoms with Gasteiger partial charge in [0.2, 0.25) is 0 Å². The molecule has 0 atom stereocenters. The molecular weight excluding hydrogens is 615 g/mol. The summed E-state index contributed by atoms with van der Waals surface area (Å²) in [4.78, 5) is 14.5. The van der Waals surface area contributed by atoms with Crippen molar-refractivity contribution < 1.29 is 15.1 Å². The number of hydrogen-bond donors (Lipinski definition) is 0. The molecule has 0 spiro atoms. The molecule has 0 aliphatic heterocycles. The summed E-state index contributed by atoms with van der Waals surface area (Å²) in [5.74, 6) is 0.578. The second-order valence-electron chi connectivity index (χ2n) is 11.2. The molecule has 49 heavy (non-hydrogen) atoms. The van der Waals surface area contributed by atoms with Gasteiger partial charge in [-0.15, -0.1) is 11.3 Å². The summed E-state index contributed by atoms with van der Waals surface area (Å²) < 4.78 is 96.4. The molecule has 0 bridgehead atoms. The number of thiophene rings is 1. The quantitative estimate of drug-likeness (QED) is 0.179. The largest absolute Gasteiger partial charge is 0.208 e. The second-order valence-corrected chi connectivity index (χ2v) is 12.2. The molecule has 230 valence electrons. The summed E-state index contributed by atoms with van der Waals surface area (Å²) in [6.07, 6.45) is 0. The summed E-state index contributed by atoms with van der Waals surface area (Å²) in [6.45, 7) is 0. The standard InChI is InChI=1S/C45H29N3S/c1-4-11-30(12-5-1)32-19-21-33(22-20-32)34-23-25-36(26-24-34)44-46-43(35-15-8-3-9-16-35)47-45(48-44)40-18-10-17-39-38-28-27-37(29-41(38)49-42(39)40)31-13-6-2-7-14-31/h1-29H/i2D,6D,7D,10D,13D,14D,17D,18D,27D,28D,29D. The first kappa shape index (κ1) is 19.6. The summed E-state index contributed by atoms with van der Waals surface area (Å²) in [5, 5.41) is 0.0577. The highest BCUT2D eigenvalue weighted by molar-refractivity contribution is 7.26. The topological polar surface area (TPSA) is 38.7 Å². The van der Waals surface area contributed by atoms with Crippen molar-refractivity contribution in [3.05, 3.63) is 176 Å². The molecule has 0 amide bonds. The van der Waals surface area contributed by atoms with Crippen molar-refractivity contribution in [2.45, 2.75) is 0 Å². The van der Waals surface area contributed by atoms with E-state index in [0.717, 1.165) is 33.6 Å². The minimum atomic E-state index is -0.645. The van der Waals surface area contributed by atoms with Gasteiger partial charge < -0.3 is 0 Å². The molecule has 0 N–H and O–H groups in total. The Morgan fingerprint density at radius 3 is 1.55 bits per heavy atom. The number of hydrogen-bond acceptors (Lipinski definition) is 4. The van der Waals surface area contributed by atoms with Crippen LogP contribution in [0.3, 0.4) is 0 Å². The zero-order chi connectivity index (χ0) is 42.1. The average molecular weight is 655 g/mol. The SMILES string of the molecule is [2H]c1c([2H])c([2H])c(-c2c([2H])c([2H])c3c(sc4c(-c5nc(-c6ccccc6)nc(-c6ccc(-c7ccc(-c8ccccc8)cc7)cc6)n5)c([2H])c([2H])c([2H])c43)c2[2H])c([2H])c1[2H]. The summed E-state index contributed by atoms with van der Waals surface area (Å²) in [6, 6.07) is 29.5. The van der Waals surface area contributed by atoms with E-state index in [9.17, 15) is 2.74 Å². The first-order valence-corrected chi connectivity index (χ1v) is 16.3. The maximum atomic E-state index is 9.28. The first-order chi connectivity index (χ1) is 28.8. The van der Waals surface area contributed by atoms with Crippen LogP contribution in [0, 0.1) is 0 Å². The van der Waals surface area contributed by atoms with Crippen LogP contribution in [0.1, 0.15) is 15.1 Å². The zero-order valence-corrected chi connectivity index (χ0v) is 26.5. The zero-order valence-electron chi connectivity index (χ0n) is 36.6. The third-order valence-electron chi connectivity index (χ3n) is 8.17. The molecule has 0 fully saturated rings. The van der Waals surface area contributed by atoms with Gasteiger partial charge in [-0.25, -0.2) is 15.0 Å².